The van der Waals surface area contributed by atoms with Gasteiger partial charge >= 0.3 is 0 Å². The summed E-state index contributed by atoms with van der Waals surface area (Å²) in [7, 11) is 3.89. The number of halogens is 1. The molecule has 0 aliphatic carbocycles. The Morgan fingerprint density at radius 2 is 2.11 bits per heavy atom. The van der Waals surface area contributed by atoms with Gasteiger partial charge in [0, 0.05) is 19.7 Å². The van der Waals surface area contributed by atoms with Crippen molar-refractivity contribution in [1.82, 2.24) is 20.2 Å². The number of anilines is 1. The molecule has 2 aromatic heterocycles. The molecule has 2 aromatic rings. The largest absolute Gasteiger partial charge is 0.353 e. The lowest BCUT2D eigenvalue weighted by atomic mass is 10.2. The molecule has 0 aliphatic rings. The molecule has 0 aliphatic heterocycles. The standard InChI is InChI=1S/C11H14ClN5S2/c1-4-5-7-8(12)13-6-14-9(7)18-11-16-15-10(19-11)17(2)3/h6H,4-5H2,1-3H3. The Morgan fingerprint density at radius 1 is 1.32 bits per heavy atom. The average Bonchev–Trinajstić information content (AvgIpc) is 2.82. The summed E-state index contributed by atoms with van der Waals surface area (Å²) in [6, 6.07) is 0. The second-order valence-electron chi connectivity index (χ2n) is 4.05. The van der Waals surface area contributed by atoms with E-state index in [9.17, 15) is 0 Å². The van der Waals surface area contributed by atoms with Gasteiger partial charge in [0.15, 0.2) is 4.34 Å². The van der Waals surface area contributed by atoms with Crippen molar-refractivity contribution in [3.63, 3.8) is 0 Å². The average molecular weight is 316 g/mol. The summed E-state index contributed by atoms with van der Waals surface area (Å²) in [6.07, 6.45) is 3.35. The molecule has 0 bridgehead atoms. The van der Waals surface area contributed by atoms with E-state index >= 15 is 0 Å². The SMILES string of the molecule is CCCc1c(Cl)ncnc1Sc1nnc(N(C)C)s1. The van der Waals surface area contributed by atoms with E-state index in [0.717, 1.165) is 32.9 Å². The van der Waals surface area contributed by atoms with Gasteiger partial charge in [0.1, 0.15) is 16.5 Å². The van der Waals surface area contributed by atoms with Gasteiger partial charge in [-0.1, -0.05) is 36.3 Å². The van der Waals surface area contributed by atoms with Crippen LogP contribution in [0.5, 0.6) is 0 Å². The monoisotopic (exact) mass is 315 g/mol. The summed E-state index contributed by atoms with van der Waals surface area (Å²) >= 11 is 9.15. The molecule has 0 saturated heterocycles. The summed E-state index contributed by atoms with van der Waals surface area (Å²) in [5, 5.41) is 10.5. The minimum Gasteiger partial charge on any atom is -0.353 e. The van der Waals surface area contributed by atoms with Gasteiger partial charge in [-0.3, -0.25) is 0 Å². The Bertz CT molecular complexity index is 558. The van der Waals surface area contributed by atoms with Gasteiger partial charge < -0.3 is 4.90 Å². The number of rotatable bonds is 5. The fourth-order valence-corrected chi connectivity index (χ4v) is 3.51. The van der Waals surface area contributed by atoms with E-state index in [-0.39, 0.29) is 0 Å². The summed E-state index contributed by atoms with van der Waals surface area (Å²) in [5.74, 6) is 0. The van der Waals surface area contributed by atoms with Crippen LogP contribution in [0, 0.1) is 0 Å². The van der Waals surface area contributed by atoms with Crippen molar-refractivity contribution in [2.24, 2.45) is 0 Å². The van der Waals surface area contributed by atoms with Crippen molar-refractivity contribution in [1.29, 1.82) is 0 Å². The highest BCUT2D eigenvalue weighted by molar-refractivity contribution is 8.01. The zero-order chi connectivity index (χ0) is 13.8. The van der Waals surface area contributed by atoms with E-state index in [4.69, 9.17) is 11.6 Å². The Hall–Kier alpha value is -0.920. The lowest BCUT2D eigenvalue weighted by Gasteiger charge is -2.06. The fourth-order valence-electron chi connectivity index (χ4n) is 1.43. The molecule has 0 N–H and O–H groups in total. The lowest BCUT2D eigenvalue weighted by Crippen LogP contribution is -2.07. The normalized spacial score (nSPS) is 10.7. The first-order valence-electron chi connectivity index (χ1n) is 5.79. The van der Waals surface area contributed by atoms with E-state index in [2.05, 4.69) is 27.1 Å². The third-order valence-corrected chi connectivity index (χ3v) is 4.83. The first-order chi connectivity index (χ1) is 9.11. The van der Waals surface area contributed by atoms with Crippen LogP contribution in [0.3, 0.4) is 0 Å². The maximum absolute atomic E-state index is 6.12. The molecule has 8 heteroatoms. The molecule has 0 amide bonds. The second kappa shape index (κ2) is 6.49. The van der Waals surface area contributed by atoms with Gasteiger partial charge in [-0.2, -0.15) is 0 Å². The van der Waals surface area contributed by atoms with Crippen molar-refractivity contribution >= 4 is 39.8 Å². The number of hydrogen-bond donors (Lipinski definition) is 0. The molecular formula is C11H14ClN5S2. The third kappa shape index (κ3) is 3.55. The van der Waals surface area contributed by atoms with E-state index in [1.807, 2.05) is 19.0 Å². The number of nitrogens with zero attached hydrogens (tertiary/aromatic N) is 5. The molecule has 0 aromatic carbocycles. The minimum absolute atomic E-state index is 0.525. The van der Waals surface area contributed by atoms with Crippen LogP contribution >= 0.6 is 34.7 Å². The van der Waals surface area contributed by atoms with Crippen LogP contribution in [0.1, 0.15) is 18.9 Å². The molecule has 0 saturated carbocycles. The number of hydrogen-bond acceptors (Lipinski definition) is 7. The predicted molar refractivity (Wildman–Crippen MR) is 79.4 cm³/mol. The highest BCUT2D eigenvalue weighted by Crippen LogP contribution is 2.35. The molecule has 102 valence electrons. The van der Waals surface area contributed by atoms with Crippen molar-refractivity contribution < 1.29 is 0 Å². The quantitative estimate of drug-likeness (QED) is 0.790. The van der Waals surface area contributed by atoms with Crippen LogP contribution in [0.4, 0.5) is 5.13 Å². The van der Waals surface area contributed by atoms with Gasteiger partial charge in [-0.05, 0) is 18.2 Å². The van der Waals surface area contributed by atoms with Crippen LogP contribution in [-0.4, -0.2) is 34.3 Å². The van der Waals surface area contributed by atoms with Gasteiger partial charge in [0.05, 0.1) is 0 Å². The Labute approximate surface area is 125 Å². The smallest absolute Gasteiger partial charge is 0.208 e. The van der Waals surface area contributed by atoms with Crippen LogP contribution in [-0.2, 0) is 6.42 Å². The third-order valence-electron chi connectivity index (χ3n) is 2.32. The molecule has 2 heterocycles. The fraction of sp³-hybridized carbons (Fsp3) is 0.455. The highest BCUT2D eigenvalue weighted by Gasteiger charge is 2.14. The summed E-state index contributed by atoms with van der Waals surface area (Å²) in [6.45, 7) is 2.10. The van der Waals surface area contributed by atoms with Crippen LogP contribution in [0.15, 0.2) is 15.7 Å². The summed E-state index contributed by atoms with van der Waals surface area (Å²) in [5.41, 5.74) is 0.985. The zero-order valence-corrected chi connectivity index (χ0v) is 13.3. The Kier molecular flexibility index (Phi) is 4.95. The molecule has 0 radical (unpaired) electrons. The van der Waals surface area contributed by atoms with Gasteiger partial charge in [0.2, 0.25) is 5.13 Å². The maximum atomic E-state index is 6.12. The van der Waals surface area contributed by atoms with E-state index in [1.54, 1.807) is 0 Å². The van der Waals surface area contributed by atoms with Crippen molar-refractivity contribution in [3.05, 3.63) is 17.0 Å². The van der Waals surface area contributed by atoms with E-state index < -0.39 is 0 Å². The topological polar surface area (TPSA) is 54.8 Å². The van der Waals surface area contributed by atoms with E-state index in [1.165, 1.54) is 29.4 Å². The van der Waals surface area contributed by atoms with Gasteiger partial charge in [-0.25, -0.2) is 9.97 Å². The van der Waals surface area contributed by atoms with Crippen LogP contribution < -0.4 is 4.90 Å². The van der Waals surface area contributed by atoms with Gasteiger partial charge in [0.25, 0.3) is 0 Å². The van der Waals surface area contributed by atoms with Crippen molar-refractivity contribution in [2.45, 2.75) is 29.1 Å². The van der Waals surface area contributed by atoms with Gasteiger partial charge in [-0.15, -0.1) is 10.2 Å². The first kappa shape index (κ1) is 14.5. The summed E-state index contributed by atoms with van der Waals surface area (Å²) in [4.78, 5) is 10.3. The Balaban J connectivity index is 2.24. The minimum atomic E-state index is 0.525. The molecule has 0 spiro atoms. The molecule has 0 fully saturated rings. The summed E-state index contributed by atoms with van der Waals surface area (Å²) < 4.78 is 0.857. The lowest BCUT2D eigenvalue weighted by molar-refractivity contribution is 0.855. The van der Waals surface area contributed by atoms with Crippen LogP contribution in [0.2, 0.25) is 5.15 Å². The zero-order valence-electron chi connectivity index (χ0n) is 10.9. The first-order valence-corrected chi connectivity index (χ1v) is 7.81. The highest BCUT2D eigenvalue weighted by atomic mass is 35.5. The molecule has 5 nitrogen and oxygen atoms in total. The molecule has 19 heavy (non-hydrogen) atoms. The van der Waals surface area contributed by atoms with Crippen LogP contribution in [0.25, 0.3) is 0 Å². The Morgan fingerprint density at radius 3 is 2.74 bits per heavy atom. The molecule has 2 rings (SSSR count). The second-order valence-corrected chi connectivity index (χ2v) is 6.60. The van der Waals surface area contributed by atoms with Crippen molar-refractivity contribution in [2.75, 3.05) is 19.0 Å². The maximum Gasteiger partial charge on any atom is 0.208 e. The molecular weight excluding hydrogens is 302 g/mol. The van der Waals surface area contributed by atoms with Crippen molar-refractivity contribution in [3.8, 4) is 0 Å². The van der Waals surface area contributed by atoms with E-state index in [0.29, 0.717) is 5.15 Å². The number of aromatic nitrogens is 4. The molecule has 0 atom stereocenters. The molecule has 0 unspecified atom stereocenters. The predicted octanol–water partition coefficient (Wildman–Crippen LogP) is 3.15.